The van der Waals surface area contributed by atoms with Gasteiger partial charge in [-0.2, -0.15) is 0 Å². The molecule has 8 heteroatoms. The van der Waals surface area contributed by atoms with Crippen LogP contribution in [0.25, 0.3) is 0 Å². The van der Waals surface area contributed by atoms with Gasteiger partial charge in [0.15, 0.2) is 0 Å². The number of fused-ring (bicyclic) bond motifs is 1. The Hall–Kier alpha value is -1.12. The Labute approximate surface area is 171 Å². The molecule has 1 aliphatic carbocycles. The average molecular weight is 409 g/mol. The van der Waals surface area contributed by atoms with E-state index in [0.29, 0.717) is 25.3 Å². The zero-order valence-corrected chi connectivity index (χ0v) is 16.9. The first kappa shape index (κ1) is 21.6. The Bertz CT molecular complexity index is 697. The summed E-state index contributed by atoms with van der Waals surface area (Å²) in [4.78, 5) is 14.4. The Kier molecular flexibility index (Phi) is 7.05. The third kappa shape index (κ3) is 4.71. The van der Waals surface area contributed by atoms with Crippen molar-refractivity contribution in [3.05, 3.63) is 34.3 Å². The third-order valence-corrected chi connectivity index (χ3v) is 6.79. The molecule has 1 aromatic rings. The van der Waals surface area contributed by atoms with Gasteiger partial charge in [0, 0.05) is 11.1 Å². The molecular formula is C20H30BClN2O4. The number of nitrogens with zero attached hydrogens (tertiary/aromatic N) is 1. The van der Waals surface area contributed by atoms with Crippen LogP contribution in [0, 0.1) is 5.92 Å². The van der Waals surface area contributed by atoms with E-state index in [1.165, 1.54) is 11.1 Å². The molecule has 28 heavy (non-hydrogen) atoms. The van der Waals surface area contributed by atoms with Gasteiger partial charge in [-0.1, -0.05) is 30.5 Å². The normalized spacial score (nSPS) is 22.6. The summed E-state index contributed by atoms with van der Waals surface area (Å²) in [5, 5.41) is 28.5. The molecule has 0 amide bonds. The van der Waals surface area contributed by atoms with Crippen molar-refractivity contribution < 1.29 is 19.9 Å². The number of halogens is 1. The molecule has 1 fully saturated rings. The van der Waals surface area contributed by atoms with Crippen molar-refractivity contribution in [1.29, 1.82) is 0 Å². The highest BCUT2D eigenvalue weighted by atomic mass is 35.5. The summed E-state index contributed by atoms with van der Waals surface area (Å²) in [6.07, 6.45) is 5.41. The quantitative estimate of drug-likeness (QED) is 0.389. The van der Waals surface area contributed by atoms with Crippen molar-refractivity contribution in [3.8, 4) is 0 Å². The predicted molar refractivity (Wildman–Crippen MR) is 110 cm³/mol. The molecule has 5 N–H and O–H groups in total. The fourth-order valence-corrected chi connectivity index (χ4v) is 5.09. The van der Waals surface area contributed by atoms with Gasteiger partial charge in [-0.25, -0.2) is 0 Å². The van der Waals surface area contributed by atoms with Crippen molar-refractivity contribution in [1.82, 2.24) is 4.90 Å². The first-order chi connectivity index (χ1) is 13.3. The highest BCUT2D eigenvalue weighted by Crippen LogP contribution is 2.40. The molecule has 3 rings (SSSR count). The molecule has 154 valence electrons. The maximum absolute atomic E-state index is 11.9. The summed E-state index contributed by atoms with van der Waals surface area (Å²) < 4.78 is 0. The summed E-state index contributed by atoms with van der Waals surface area (Å²) in [6.45, 7) is 1.69. The molecule has 0 radical (unpaired) electrons. The Morgan fingerprint density at radius 2 is 1.96 bits per heavy atom. The number of aliphatic carboxylic acids is 1. The van der Waals surface area contributed by atoms with Crippen LogP contribution in [0.15, 0.2) is 18.2 Å². The lowest BCUT2D eigenvalue weighted by molar-refractivity contribution is -0.147. The highest BCUT2D eigenvalue weighted by molar-refractivity contribution is 6.40. The topological polar surface area (TPSA) is 107 Å². The number of carboxylic acids is 1. The number of unbranched alkanes of at least 4 members (excludes halogenated alkanes) is 1. The molecule has 0 bridgehead atoms. The molecule has 2 aliphatic rings. The van der Waals surface area contributed by atoms with E-state index in [1.54, 1.807) is 0 Å². The monoisotopic (exact) mass is 408 g/mol. The number of carbonyl (C=O) groups is 1. The zero-order valence-electron chi connectivity index (χ0n) is 16.2. The molecule has 1 aliphatic heterocycles. The Morgan fingerprint density at radius 3 is 2.61 bits per heavy atom. The molecule has 1 saturated heterocycles. The minimum absolute atomic E-state index is 0.0635. The van der Waals surface area contributed by atoms with Crippen molar-refractivity contribution in [2.75, 3.05) is 13.1 Å². The summed E-state index contributed by atoms with van der Waals surface area (Å²) >= 11 is 6.11. The number of aryl methyl sites for hydroxylation is 1. The Morgan fingerprint density at radius 1 is 1.25 bits per heavy atom. The number of hydrogen-bond acceptors (Lipinski definition) is 5. The van der Waals surface area contributed by atoms with Gasteiger partial charge in [-0.05, 0) is 80.7 Å². The minimum Gasteiger partial charge on any atom is -0.480 e. The molecule has 1 unspecified atom stereocenters. The van der Waals surface area contributed by atoms with Gasteiger partial charge >= 0.3 is 13.1 Å². The van der Waals surface area contributed by atoms with E-state index in [1.807, 2.05) is 6.07 Å². The minimum atomic E-state index is -1.34. The van der Waals surface area contributed by atoms with E-state index in [2.05, 4.69) is 17.0 Å². The number of piperidine rings is 1. The van der Waals surface area contributed by atoms with Gasteiger partial charge < -0.3 is 20.9 Å². The molecular weight excluding hydrogens is 378 g/mol. The lowest BCUT2D eigenvalue weighted by Gasteiger charge is -2.42. The summed E-state index contributed by atoms with van der Waals surface area (Å²) in [5.74, 6) is -1.01. The van der Waals surface area contributed by atoms with Gasteiger partial charge in [-0.15, -0.1) is 0 Å². The van der Waals surface area contributed by atoms with Crippen LogP contribution in [0.3, 0.4) is 0 Å². The second-order valence-electron chi connectivity index (χ2n) is 8.28. The lowest BCUT2D eigenvalue weighted by Crippen LogP contribution is -2.57. The standard InChI is InChI=1S/C20H30BClN2O4/c22-16-4-5-17-14(13-16)3-6-18(17)24-11-7-15(8-12-24)20(23,19(25)26)9-1-2-10-21(27)28/h4-5,13,15,18,27-28H,1-3,6-12,23H2,(H,25,26)/t18?,20-/m0/s1. The molecule has 6 nitrogen and oxygen atoms in total. The maximum atomic E-state index is 11.9. The van der Waals surface area contributed by atoms with E-state index < -0.39 is 18.6 Å². The molecule has 1 aromatic carbocycles. The third-order valence-electron chi connectivity index (χ3n) is 6.55. The predicted octanol–water partition coefficient (Wildman–Crippen LogP) is 2.46. The molecule has 2 atom stereocenters. The number of benzene rings is 1. The van der Waals surface area contributed by atoms with Crippen LogP contribution < -0.4 is 5.73 Å². The zero-order chi connectivity index (χ0) is 20.3. The van der Waals surface area contributed by atoms with Crippen LogP contribution in [0.4, 0.5) is 0 Å². The van der Waals surface area contributed by atoms with E-state index in [0.717, 1.165) is 43.8 Å². The number of rotatable bonds is 8. The van der Waals surface area contributed by atoms with Crippen LogP contribution in [0.1, 0.15) is 55.7 Å². The smallest absolute Gasteiger partial charge is 0.451 e. The van der Waals surface area contributed by atoms with Crippen LogP contribution in [0.2, 0.25) is 11.3 Å². The van der Waals surface area contributed by atoms with Crippen LogP contribution >= 0.6 is 11.6 Å². The molecule has 1 heterocycles. The lowest BCUT2D eigenvalue weighted by atomic mass is 9.74. The number of nitrogens with two attached hydrogens (primary N) is 1. The van der Waals surface area contributed by atoms with Gasteiger partial charge in [0.2, 0.25) is 0 Å². The SMILES string of the molecule is N[C@](CCCCB(O)O)(C(=O)O)C1CCN(C2CCc3cc(Cl)ccc32)CC1. The van der Waals surface area contributed by atoms with Crippen molar-refractivity contribution in [2.24, 2.45) is 11.7 Å². The van der Waals surface area contributed by atoms with Crippen LogP contribution in [-0.4, -0.2) is 51.8 Å². The average Bonchev–Trinajstić information content (AvgIpc) is 3.07. The van der Waals surface area contributed by atoms with E-state index in [9.17, 15) is 9.90 Å². The van der Waals surface area contributed by atoms with Crippen LogP contribution in [0.5, 0.6) is 0 Å². The van der Waals surface area contributed by atoms with Crippen LogP contribution in [-0.2, 0) is 11.2 Å². The van der Waals surface area contributed by atoms with Crippen molar-refractivity contribution >= 4 is 24.7 Å². The number of likely N-dealkylation sites (tertiary alicyclic amines) is 1. The van der Waals surface area contributed by atoms with Gasteiger partial charge in [0.25, 0.3) is 0 Å². The van der Waals surface area contributed by atoms with Crippen molar-refractivity contribution in [2.45, 2.75) is 62.8 Å². The first-order valence-electron chi connectivity index (χ1n) is 10.2. The van der Waals surface area contributed by atoms with E-state index >= 15 is 0 Å². The van der Waals surface area contributed by atoms with Gasteiger partial charge in [0.1, 0.15) is 5.54 Å². The van der Waals surface area contributed by atoms with E-state index in [-0.39, 0.29) is 12.2 Å². The molecule has 0 saturated carbocycles. The first-order valence-corrected chi connectivity index (χ1v) is 10.6. The summed E-state index contributed by atoms with van der Waals surface area (Å²) in [7, 11) is -1.34. The Balaban J connectivity index is 1.58. The maximum Gasteiger partial charge on any atom is 0.451 e. The highest BCUT2D eigenvalue weighted by Gasteiger charge is 2.44. The fraction of sp³-hybridized carbons (Fsp3) is 0.650. The number of hydrogen-bond donors (Lipinski definition) is 4. The molecule has 0 spiro atoms. The molecule has 0 aromatic heterocycles. The summed E-state index contributed by atoms with van der Waals surface area (Å²) in [6, 6.07) is 6.52. The van der Waals surface area contributed by atoms with E-state index in [4.69, 9.17) is 27.4 Å². The number of carboxylic acid groups (broad SMARTS) is 1. The largest absolute Gasteiger partial charge is 0.480 e. The van der Waals surface area contributed by atoms with Gasteiger partial charge in [0.05, 0.1) is 0 Å². The fourth-order valence-electron chi connectivity index (χ4n) is 4.90. The van der Waals surface area contributed by atoms with Gasteiger partial charge in [-0.3, -0.25) is 9.69 Å². The summed E-state index contributed by atoms with van der Waals surface area (Å²) in [5.41, 5.74) is 7.80. The second-order valence-corrected chi connectivity index (χ2v) is 8.72. The second kappa shape index (κ2) is 9.14. The van der Waals surface area contributed by atoms with Crippen molar-refractivity contribution in [3.63, 3.8) is 0 Å².